The monoisotopic (exact) mass is 308 g/mol. The lowest BCUT2D eigenvalue weighted by Crippen LogP contribution is -2.17. The highest BCUT2D eigenvalue weighted by Gasteiger charge is 2.19. The van der Waals surface area contributed by atoms with Crippen LogP contribution in [-0.4, -0.2) is 32.5 Å². The molecule has 8 heteroatoms. The second kappa shape index (κ2) is 5.96. The molecule has 0 saturated heterocycles. The van der Waals surface area contributed by atoms with E-state index in [0.717, 1.165) is 0 Å². The summed E-state index contributed by atoms with van der Waals surface area (Å²) in [7, 11) is -0.683. The van der Waals surface area contributed by atoms with Crippen LogP contribution in [0.15, 0.2) is 35.2 Å². The summed E-state index contributed by atoms with van der Waals surface area (Å²) in [6, 6.07) is 8.18. The minimum atomic E-state index is -3.79. The summed E-state index contributed by atoms with van der Waals surface area (Å²) in [6.07, 6.45) is 0. The molecule has 0 aliphatic heterocycles. The van der Waals surface area contributed by atoms with Gasteiger partial charge in [0.15, 0.2) is 0 Å². The van der Waals surface area contributed by atoms with Crippen LogP contribution in [0.1, 0.15) is 5.69 Å². The van der Waals surface area contributed by atoms with Crippen LogP contribution >= 0.6 is 0 Å². The molecule has 0 spiro atoms. The Hall–Kier alpha value is -2.35. The third-order valence-electron chi connectivity index (χ3n) is 2.71. The highest BCUT2D eigenvalue weighted by molar-refractivity contribution is 7.92. The number of anilines is 2. The van der Waals surface area contributed by atoms with Crippen molar-refractivity contribution in [2.45, 2.75) is 11.8 Å². The molecule has 7 nitrogen and oxygen atoms in total. The summed E-state index contributed by atoms with van der Waals surface area (Å²) in [5.41, 5.74) is 1.09. The molecular weight excluding hydrogens is 292 g/mol. The molecule has 1 heterocycles. The van der Waals surface area contributed by atoms with Crippen LogP contribution in [0.25, 0.3) is 0 Å². The highest BCUT2D eigenvalue weighted by atomic mass is 32.2. The van der Waals surface area contributed by atoms with Gasteiger partial charge in [0.25, 0.3) is 10.0 Å². The molecule has 112 valence electrons. The van der Waals surface area contributed by atoms with Gasteiger partial charge in [0.1, 0.15) is 4.90 Å². The number of aryl methyl sites for hydroxylation is 1. The van der Waals surface area contributed by atoms with Crippen LogP contribution in [0.4, 0.5) is 11.6 Å². The smallest absolute Gasteiger partial charge is 0.266 e. The zero-order valence-electron chi connectivity index (χ0n) is 11.9. The normalized spacial score (nSPS) is 11.0. The zero-order chi connectivity index (χ0) is 15.5. The first-order chi connectivity index (χ1) is 9.96. The number of hydrogen-bond acceptors (Lipinski definition) is 6. The molecule has 0 amide bonds. The molecule has 0 unspecified atom stereocenters. The van der Waals surface area contributed by atoms with E-state index in [4.69, 9.17) is 4.74 Å². The Bertz CT molecular complexity index is 747. The van der Waals surface area contributed by atoms with E-state index in [1.165, 1.54) is 13.2 Å². The number of nitrogens with zero attached hydrogens (tertiary/aromatic N) is 2. The summed E-state index contributed by atoms with van der Waals surface area (Å²) < 4.78 is 32.2. The lowest BCUT2D eigenvalue weighted by Gasteiger charge is -2.11. The molecule has 2 aromatic rings. The van der Waals surface area contributed by atoms with Gasteiger partial charge >= 0.3 is 0 Å². The van der Waals surface area contributed by atoms with Crippen molar-refractivity contribution >= 4 is 21.7 Å². The van der Waals surface area contributed by atoms with Crippen LogP contribution in [0, 0.1) is 6.92 Å². The first-order valence-electron chi connectivity index (χ1n) is 6.15. The Morgan fingerprint density at radius 3 is 2.57 bits per heavy atom. The predicted molar refractivity (Wildman–Crippen MR) is 80.1 cm³/mol. The number of benzene rings is 1. The van der Waals surface area contributed by atoms with Crippen LogP contribution in [0.5, 0.6) is 5.88 Å². The van der Waals surface area contributed by atoms with Crippen molar-refractivity contribution < 1.29 is 13.2 Å². The van der Waals surface area contributed by atoms with Crippen molar-refractivity contribution in [1.29, 1.82) is 0 Å². The summed E-state index contributed by atoms with van der Waals surface area (Å²) >= 11 is 0. The number of hydrogen-bond donors (Lipinski definition) is 2. The molecule has 1 aromatic carbocycles. The van der Waals surface area contributed by atoms with E-state index in [9.17, 15) is 8.42 Å². The Morgan fingerprint density at radius 2 is 1.90 bits per heavy atom. The van der Waals surface area contributed by atoms with Crippen molar-refractivity contribution in [1.82, 2.24) is 9.97 Å². The minimum Gasteiger partial charge on any atom is -0.481 e. The summed E-state index contributed by atoms with van der Waals surface area (Å²) in [5.74, 6) is 0.264. The van der Waals surface area contributed by atoms with Gasteiger partial charge in [-0.05, 0) is 19.1 Å². The molecule has 1 aromatic heterocycles. The molecule has 0 aliphatic carbocycles. The highest BCUT2D eigenvalue weighted by Crippen LogP contribution is 2.22. The van der Waals surface area contributed by atoms with Crippen LogP contribution < -0.4 is 14.8 Å². The Morgan fingerprint density at radius 1 is 1.19 bits per heavy atom. The fourth-order valence-electron chi connectivity index (χ4n) is 1.77. The number of ether oxygens (including phenoxy) is 1. The fraction of sp³-hybridized carbons (Fsp3) is 0.231. The maximum Gasteiger partial charge on any atom is 0.266 e. The Kier molecular flexibility index (Phi) is 4.27. The third-order valence-corrected chi connectivity index (χ3v) is 4.10. The van der Waals surface area contributed by atoms with Gasteiger partial charge in [-0.15, -0.1) is 0 Å². The van der Waals surface area contributed by atoms with Gasteiger partial charge in [-0.25, -0.2) is 18.1 Å². The molecular formula is C13H16N4O3S. The number of nitrogens with one attached hydrogen (secondary N) is 2. The first-order valence-corrected chi connectivity index (χ1v) is 7.64. The molecule has 0 saturated carbocycles. The summed E-state index contributed by atoms with van der Waals surface area (Å²) in [4.78, 5) is 8.14. The van der Waals surface area contributed by atoms with Gasteiger partial charge in [-0.2, -0.15) is 4.98 Å². The SMILES string of the molecule is CNc1ccccc1S(=O)(=O)Nc1nc(C)cc(OC)n1. The topological polar surface area (TPSA) is 93.2 Å². The zero-order valence-corrected chi connectivity index (χ0v) is 12.7. The van der Waals surface area contributed by atoms with Gasteiger partial charge < -0.3 is 10.1 Å². The average molecular weight is 308 g/mol. The van der Waals surface area contributed by atoms with E-state index >= 15 is 0 Å². The van der Waals surface area contributed by atoms with E-state index in [0.29, 0.717) is 17.3 Å². The second-order valence-corrected chi connectivity index (χ2v) is 5.88. The Labute approximate surface area is 123 Å². The molecule has 0 atom stereocenters. The van der Waals surface area contributed by atoms with E-state index in [1.54, 1.807) is 38.2 Å². The van der Waals surface area contributed by atoms with Gasteiger partial charge in [0.05, 0.1) is 12.8 Å². The van der Waals surface area contributed by atoms with Crippen molar-refractivity contribution in [2.75, 3.05) is 24.2 Å². The number of sulfonamides is 1. The standard InChI is InChI=1S/C13H16N4O3S/c1-9-8-12(20-3)16-13(15-9)17-21(18,19)11-7-5-4-6-10(11)14-2/h4-8,14H,1-3H3,(H,15,16,17). The van der Waals surface area contributed by atoms with Gasteiger partial charge in [-0.3, -0.25) is 0 Å². The largest absolute Gasteiger partial charge is 0.481 e. The van der Waals surface area contributed by atoms with Crippen LogP contribution in [0.2, 0.25) is 0 Å². The molecule has 0 fully saturated rings. The minimum absolute atomic E-state index is 0.0299. The second-order valence-electron chi connectivity index (χ2n) is 4.23. The van der Waals surface area contributed by atoms with Gasteiger partial charge in [0.2, 0.25) is 11.8 Å². The molecule has 2 rings (SSSR count). The summed E-state index contributed by atoms with van der Waals surface area (Å²) in [6.45, 7) is 1.73. The van der Waals surface area contributed by atoms with E-state index in [1.807, 2.05) is 0 Å². The van der Waals surface area contributed by atoms with Crippen molar-refractivity contribution in [2.24, 2.45) is 0 Å². The number of methoxy groups -OCH3 is 1. The fourth-order valence-corrected chi connectivity index (χ4v) is 2.93. The van der Waals surface area contributed by atoms with Crippen molar-refractivity contribution in [3.05, 3.63) is 36.0 Å². The quantitative estimate of drug-likeness (QED) is 0.872. The summed E-state index contributed by atoms with van der Waals surface area (Å²) in [5, 5.41) is 2.84. The van der Waals surface area contributed by atoms with E-state index in [-0.39, 0.29) is 10.8 Å². The maximum atomic E-state index is 12.4. The third kappa shape index (κ3) is 3.40. The van der Waals surface area contributed by atoms with Gasteiger partial charge in [-0.1, -0.05) is 12.1 Å². The maximum absolute atomic E-state index is 12.4. The van der Waals surface area contributed by atoms with Crippen molar-refractivity contribution in [3.63, 3.8) is 0 Å². The Balaban J connectivity index is 2.40. The first kappa shape index (κ1) is 15.0. The lowest BCUT2D eigenvalue weighted by atomic mass is 10.3. The molecule has 21 heavy (non-hydrogen) atoms. The molecule has 0 radical (unpaired) electrons. The molecule has 0 bridgehead atoms. The van der Waals surface area contributed by atoms with Crippen molar-refractivity contribution in [3.8, 4) is 5.88 Å². The van der Waals surface area contributed by atoms with E-state index in [2.05, 4.69) is 20.0 Å². The molecule has 2 N–H and O–H groups in total. The van der Waals surface area contributed by atoms with Gasteiger partial charge in [0, 0.05) is 18.8 Å². The predicted octanol–water partition coefficient (Wildman–Crippen LogP) is 1.64. The van der Waals surface area contributed by atoms with E-state index < -0.39 is 10.0 Å². The number of aromatic nitrogens is 2. The lowest BCUT2D eigenvalue weighted by molar-refractivity contribution is 0.397. The average Bonchev–Trinajstić information content (AvgIpc) is 2.46. The number of rotatable bonds is 5. The van der Waals surface area contributed by atoms with Crippen LogP contribution in [0.3, 0.4) is 0 Å². The number of para-hydroxylation sites is 1. The van der Waals surface area contributed by atoms with Crippen LogP contribution in [-0.2, 0) is 10.0 Å². The molecule has 0 aliphatic rings.